The lowest BCUT2D eigenvalue weighted by atomic mass is 9.95. The Morgan fingerprint density at radius 3 is 2.74 bits per heavy atom. The van der Waals surface area contributed by atoms with Crippen LogP contribution in [0.15, 0.2) is 33.6 Å². The van der Waals surface area contributed by atoms with Crippen LogP contribution in [0.3, 0.4) is 0 Å². The highest BCUT2D eigenvalue weighted by Crippen LogP contribution is 2.32. The molecule has 0 bridgehead atoms. The van der Waals surface area contributed by atoms with Crippen LogP contribution in [0.2, 0.25) is 0 Å². The van der Waals surface area contributed by atoms with E-state index in [-0.39, 0.29) is 5.25 Å². The van der Waals surface area contributed by atoms with Crippen LogP contribution in [-0.4, -0.2) is 26.3 Å². The Hall–Kier alpha value is -0.390. The van der Waals surface area contributed by atoms with Crippen LogP contribution in [0.1, 0.15) is 32.6 Å². The number of sulfone groups is 1. The molecule has 1 N–H and O–H groups in total. The third kappa shape index (κ3) is 3.38. The third-order valence-electron chi connectivity index (χ3n) is 3.70. The van der Waals surface area contributed by atoms with Crippen LogP contribution in [0.4, 0.5) is 0 Å². The van der Waals surface area contributed by atoms with Gasteiger partial charge in [0.1, 0.15) is 0 Å². The van der Waals surface area contributed by atoms with Crippen LogP contribution in [-0.2, 0) is 9.84 Å². The van der Waals surface area contributed by atoms with Crippen molar-refractivity contribution in [1.82, 2.24) is 5.32 Å². The predicted molar refractivity (Wildman–Crippen MR) is 81.0 cm³/mol. The predicted octanol–water partition coefficient (Wildman–Crippen LogP) is 3.14. The lowest BCUT2D eigenvalue weighted by molar-refractivity contribution is 0.377. The second-order valence-corrected chi connectivity index (χ2v) is 8.07. The lowest BCUT2D eigenvalue weighted by Gasteiger charge is -2.29. The molecule has 106 valence electrons. The van der Waals surface area contributed by atoms with Crippen molar-refractivity contribution in [3.63, 3.8) is 0 Å². The quantitative estimate of drug-likeness (QED) is 0.911. The van der Waals surface area contributed by atoms with E-state index in [9.17, 15) is 8.42 Å². The Morgan fingerprint density at radius 2 is 2.05 bits per heavy atom. The Labute approximate surface area is 123 Å². The van der Waals surface area contributed by atoms with Gasteiger partial charge in [-0.25, -0.2) is 8.42 Å². The SMILES string of the molecule is CCNC1CCCC(S(=O)(=O)c2ccccc2Br)C1. The summed E-state index contributed by atoms with van der Waals surface area (Å²) < 4.78 is 26.1. The zero-order valence-electron chi connectivity index (χ0n) is 11.1. The highest BCUT2D eigenvalue weighted by atomic mass is 79.9. The van der Waals surface area contributed by atoms with Crippen molar-refractivity contribution in [3.8, 4) is 0 Å². The van der Waals surface area contributed by atoms with Gasteiger partial charge >= 0.3 is 0 Å². The molecule has 1 saturated carbocycles. The standard InChI is InChI=1S/C14H20BrNO2S/c1-2-16-11-6-5-7-12(10-11)19(17,18)14-9-4-3-8-13(14)15/h3-4,8-9,11-12,16H,2,5-7,10H2,1H3. The van der Waals surface area contributed by atoms with Gasteiger partial charge in [-0.1, -0.05) is 25.5 Å². The highest BCUT2D eigenvalue weighted by Gasteiger charge is 2.33. The minimum Gasteiger partial charge on any atom is -0.314 e. The van der Waals surface area contributed by atoms with Crippen LogP contribution < -0.4 is 5.32 Å². The van der Waals surface area contributed by atoms with E-state index in [4.69, 9.17) is 0 Å². The van der Waals surface area contributed by atoms with Crippen LogP contribution in [0, 0.1) is 0 Å². The van der Waals surface area contributed by atoms with E-state index < -0.39 is 9.84 Å². The van der Waals surface area contributed by atoms with Gasteiger partial charge in [-0.15, -0.1) is 0 Å². The van der Waals surface area contributed by atoms with E-state index in [1.165, 1.54) is 0 Å². The van der Waals surface area contributed by atoms with Crippen molar-refractivity contribution in [3.05, 3.63) is 28.7 Å². The van der Waals surface area contributed by atoms with E-state index in [1.807, 2.05) is 6.07 Å². The molecule has 2 unspecified atom stereocenters. The van der Waals surface area contributed by atoms with E-state index in [1.54, 1.807) is 18.2 Å². The topological polar surface area (TPSA) is 46.2 Å². The molecule has 0 aromatic heterocycles. The van der Waals surface area contributed by atoms with Gasteiger partial charge in [0.2, 0.25) is 0 Å². The van der Waals surface area contributed by atoms with Crippen molar-refractivity contribution in [1.29, 1.82) is 0 Å². The molecular weight excluding hydrogens is 326 g/mol. The first kappa shape index (κ1) is 15.0. The van der Waals surface area contributed by atoms with Gasteiger partial charge in [0, 0.05) is 10.5 Å². The van der Waals surface area contributed by atoms with Gasteiger partial charge in [-0.3, -0.25) is 0 Å². The van der Waals surface area contributed by atoms with Crippen molar-refractivity contribution in [2.24, 2.45) is 0 Å². The van der Waals surface area contributed by atoms with Crippen LogP contribution >= 0.6 is 15.9 Å². The highest BCUT2D eigenvalue weighted by molar-refractivity contribution is 9.10. The molecule has 19 heavy (non-hydrogen) atoms. The molecule has 0 heterocycles. The summed E-state index contributed by atoms with van der Waals surface area (Å²) in [4.78, 5) is 0.428. The van der Waals surface area contributed by atoms with Gasteiger partial charge in [0.25, 0.3) is 0 Å². The van der Waals surface area contributed by atoms with E-state index >= 15 is 0 Å². The molecule has 0 radical (unpaired) electrons. The zero-order valence-corrected chi connectivity index (χ0v) is 13.5. The Morgan fingerprint density at radius 1 is 1.32 bits per heavy atom. The largest absolute Gasteiger partial charge is 0.314 e. The smallest absolute Gasteiger partial charge is 0.182 e. The maximum absolute atomic E-state index is 12.7. The fraction of sp³-hybridized carbons (Fsp3) is 0.571. The van der Waals surface area contributed by atoms with E-state index in [0.29, 0.717) is 15.4 Å². The Bertz CT molecular complexity index is 528. The van der Waals surface area contributed by atoms with Crippen molar-refractivity contribution < 1.29 is 8.42 Å². The van der Waals surface area contributed by atoms with Crippen molar-refractivity contribution in [2.75, 3.05) is 6.54 Å². The summed E-state index contributed by atoms with van der Waals surface area (Å²) >= 11 is 3.35. The Kier molecular flexibility index (Phi) is 5.03. The molecule has 1 aromatic rings. The first-order valence-corrected chi connectivity index (χ1v) is 9.11. The van der Waals surface area contributed by atoms with Gasteiger partial charge in [-0.05, 0) is 53.9 Å². The molecule has 0 aliphatic heterocycles. The number of hydrogen-bond donors (Lipinski definition) is 1. The zero-order chi connectivity index (χ0) is 13.9. The molecule has 5 heteroatoms. The molecule has 2 rings (SSSR count). The summed E-state index contributed by atoms with van der Waals surface area (Å²) in [5.41, 5.74) is 0. The molecule has 3 nitrogen and oxygen atoms in total. The maximum atomic E-state index is 12.7. The summed E-state index contributed by atoms with van der Waals surface area (Å²) in [6.07, 6.45) is 3.55. The second-order valence-electron chi connectivity index (χ2n) is 5.02. The van der Waals surface area contributed by atoms with Gasteiger partial charge in [0.15, 0.2) is 9.84 Å². The number of nitrogens with one attached hydrogen (secondary N) is 1. The molecule has 0 amide bonds. The summed E-state index contributed by atoms with van der Waals surface area (Å²) in [5.74, 6) is 0. The summed E-state index contributed by atoms with van der Waals surface area (Å²) in [7, 11) is -3.23. The van der Waals surface area contributed by atoms with Crippen LogP contribution in [0.25, 0.3) is 0 Å². The number of halogens is 1. The molecule has 0 saturated heterocycles. The molecule has 0 spiro atoms. The minimum absolute atomic E-state index is 0.260. The van der Waals surface area contributed by atoms with Gasteiger partial charge < -0.3 is 5.32 Å². The van der Waals surface area contributed by atoms with Gasteiger partial charge in [0.05, 0.1) is 10.1 Å². The average molecular weight is 346 g/mol. The minimum atomic E-state index is -3.23. The monoisotopic (exact) mass is 345 g/mol. The van der Waals surface area contributed by atoms with Crippen molar-refractivity contribution in [2.45, 2.75) is 48.8 Å². The summed E-state index contributed by atoms with van der Waals surface area (Å²) in [6.45, 7) is 2.96. The number of benzene rings is 1. The maximum Gasteiger partial charge on any atom is 0.182 e. The molecule has 1 aliphatic rings. The molecule has 1 aliphatic carbocycles. The van der Waals surface area contributed by atoms with E-state index in [0.717, 1.165) is 32.2 Å². The molecule has 1 fully saturated rings. The van der Waals surface area contributed by atoms with Gasteiger partial charge in [-0.2, -0.15) is 0 Å². The number of hydrogen-bond acceptors (Lipinski definition) is 3. The normalized spacial score (nSPS) is 24.3. The molecular formula is C14H20BrNO2S. The molecule has 1 aromatic carbocycles. The van der Waals surface area contributed by atoms with E-state index in [2.05, 4.69) is 28.2 Å². The summed E-state index contributed by atoms with van der Waals surface area (Å²) in [5, 5.41) is 3.12. The first-order valence-electron chi connectivity index (χ1n) is 6.77. The Balaban J connectivity index is 2.22. The number of rotatable bonds is 4. The summed E-state index contributed by atoms with van der Waals surface area (Å²) in [6, 6.07) is 7.43. The first-order chi connectivity index (χ1) is 9.05. The van der Waals surface area contributed by atoms with Crippen molar-refractivity contribution >= 4 is 25.8 Å². The fourth-order valence-corrected chi connectivity index (χ4v) is 5.65. The van der Waals surface area contributed by atoms with Crippen LogP contribution in [0.5, 0.6) is 0 Å². The third-order valence-corrected chi connectivity index (χ3v) is 6.93. The molecule has 2 atom stereocenters. The fourth-order valence-electron chi connectivity index (χ4n) is 2.76. The lowest BCUT2D eigenvalue weighted by Crippen LogP contribution is -2.39. The average Bonchev–Trinajstić information content (AvgIpc) is 2.40. The second kappa shape index (κ2) is 6.37.